The van der Waals surface area contributed by atoms with Gasteiger partial charge in [-0.15, -0.1) is 0 Å². The first-order chi connectivity index (χ1) is 12.6. The van der Waals surface area contributed by atoms with Gasteiger partial charge in [0.25, 0.3) is 0 Å². The molecule has 0 saturated carbocycles. The summed E-state index contributed by atoms with van der Waals surface area (Å²) in [5.74, 6) is 1.09. The number of carbonyl (C=O) groups is 1. The van der Waals surface area contributed by atoms with E-state index in [-0.39, 0.29) is 11.2 Å². The largest absolute Gasteiger partial charge is 0.497 e. The van der Waals surface area contributed by atoms with E-state index >= 15 is 0 Å². The van der Waals surface area contributed by atoms with Gasteiger partial charge in [0, 0.05) is 24.3 Å². The summed E-state index contributed by atoms with van der Waals surface area (Å²) in [5.41, 5.74) is 0.942. The van der Waals surface area contributed by atoms with Crippen LogP contribution in [0.25, 0.3) is 5.69 Å². The second kappa shape index (κ2) is 8.25. The maximum absolute atomic E-state index is 12.4. The number of halogens is 1. The monoisotopic (exact) mass is 388 g/mol. The number of amides is 1. The van der Waals surface area contributed by atoms with Crippen molar-refractivity contribution in [2.45, 2.75) is 17.3 Å². The van der Waals surface area contributed by atoms with Crippen LogP contribution in [0, 0.1) is 0 Å². The molecule has 134 valence electrons. The molecule has 0 spiro atoms. The summed E-state index contributed by atoms with van der Waals surface area (Å²) >= 11 is 7.17. The van der Waals surface area contributed by atoms with Crippen LogP contribution >= 0.6 is 23.4 Å². The molecule has 1 N–H and O–H groups in total. The Morgan fingerprint density at radius 2 is 2.00 bits per heavy atom. The minimum absolute atomic E-state index is 0.158. The van der Waals surface area contributed by atoms with Gasteiger partial charge in [-0.1, -0.05) is 23.4 Å². The van der Waals surface area contributed by atoms with Gasteiger partial charge in [0.05, 0.1) is 17.4 Å². The molecule has 0 fully saturated rings. The number of pyridine rings is 1. The van der Waals surface area contributed by atoms with Crippen LogP contribution in [0.15, 0.2) is 60.1 Å². The van der Waals surface area contributed by atoms with E-state index in [4.69, 9.17) is 16.3 Å². The predicted molar refractivity (Wildman–Crippen MR) is 103 cm³/mol. The SMILES string of the molecule is COc1ccc(-n2ccnc2S[C@@H](C)C(=O)Nc2ccc(Cl)cn2)cc1. The standard InChI is InChI=1S/C18H17ClN4O2S/c1-12(17(24)22-16-8-3-13(19)11-21-16)26-18-20-9-10-23(18)14-4-6-15(25-2)7-5-14/h3-12H,1-2H3,(H,21,22,24)/t12-/m0/s1. The van der Waals surface area contributed by atoms with E-state index < -0.39 is 0 Å². The van der Waals surface area contributed by atoms with Gasteiger partial charge in [0.1, 0.15) is 11.6 Å². The zero-order valence-corrected chi connectivity index (χ0v) is 15.8. The zero-order valence-electron chi connectivity index (χ0n) is 14.2. The Morgan fingerprint density at radius 3 is 2.65 bits per heavy atom. The number of hydrogen-bond donors (Lipinski definition) is 1. The molecular formula is C18H17ClN4O2S. The number of thioether (sulfide) groups is 1. The predicted octanol–water partition coefficient (Wildman–Crippen LogP) is 4.05. The molecule has 3 aromatic rings. The quantitative estimate of drug-likeness (QED) is 0.645. The summed E-state index contributed by atoms with van der Waals surface area (Å²) in [6.45, 7) is 1.82. The van der Waals surface area contributed by atoms with Gasteiger partial charge in [0.15, 0.2) is 5.16 Å². The van der Waals surface area contributed by atoms with E-state index in [0.29, 0.717) is 10.8 Å². The summed E-state index contributed by atoms with van der Waals surface area (Å²) in [7, 11) is 1.63. The highest BCUT2D eigenvalue weighted by Gasteiger charge is 2.18. The number of hydrogen-bond acceptors (Lipinski definition) is 5. The molecule has 0 saturated heterocycles. The lowest BCUT2D eigenvalue weighted by Gasteiger charge is -2.13. The lowest BCUT2D eigenvalue weighted by Crippen LogP contribution is -2.23. The summed E-state index contributed by atoms with van der Waals surface area (Å²) in [4.78, 5) is 20.8. The fourth-order valence-electron chi connectivity index (χ4n) is 2.21. The van der Waals surface area contributed by atoms with Gasteiger partial charge in [0.2, 0.25) is 5.91 Å². The van der Waals surface area contributed by atoms with Crippen molar-refractivity contribution in [3.63, 3.8) is 0 Å². The zero-order chi connectivity index (χ0) is 18.5. The fourth-order valence-corrected chi connectivity index (χ4v) is 3.20. The van der Waals surface area contributed by atoms with Gasteiger partial charge < -0.3 is 10.1 Å². The van der Waals surface area contributed by atoms with Crippen LogP contribution in [-0.4, -0.2) is 32.8 Å². The number of methoxy groups -OCH3 is 1. The van der Waals surface area contributed by atoms with E-state index in [0.717, 1.165) is 16.6 Å². The van der Waals surface area contributed by atoms with Crippen molar-refractivity contribution in [3.8, 4) is 11.4 Å². The molecule has 0 aliphatic rings. The summed E-state index contributed by atoms with van der Waals surface area (Å²) in [6.07, 6.45) is 5.05. The molecule has 2 heterocycles. The van der Waals surface area contributed by atoms with Crippen LogP contribution in [0.4, 0.5) is 5.82 Å². The smallest absolute Gasteiger partial charge is 0.238 e. The highest BCUT2D eigenvalue weighted by atomic mass is 35.5. The fraction of sp³-hybridized carbons (Fsp3) is 0.167. The number of aromatic nitrogens is 3. The second-order valence-electron chi connectivity index (χ2n) is 5.39. The third kappa shape index (κ3) is 4.36. The van der Waals surface area contributed by atoms with Crippen molar-refractivity contribution in [2.75, 3.05) is 12.4 Å². The van der Waals surface area contributed by atoms with Gasteiger partial charge in [-0.2, -0.15) is 0 Å². The van der Waals surface area contributed by atoms with Crippen LogP contribution in [0.3, 0.4) is 0 Å². The molecule has 1 aromatic carbocycles. The molecule has 1 amide bonds. The number of rotatable bonds is 6. The van der Waals surface area contributed by atoms with Crippen LogP contribution < -0.4 is 10.1 Å². The van der Waals surface area contributed by atoms with Crippen LogP contribution in [0.5, 0.6) is 5.75 Å². The first-order valence-corrected chi connectivity index (χ1v) is 9.09. The number of nitrogens with zero attached hydrogens (tertiary/aromatic N) is 3. The third-order valence-corrected chi connectivity index (χ3v) is 4.89. The highest BCUT2D eigenvalue weighted by Crippen LogP contribution is 2.26. The van der Waals surface area contributed by atoms with Crippen LogP contribution in [0.1, 0.15) is 6.92 Å². The summed E-state index contributed by atoms with van der Waals surface area (Å²) in [6, 6.07) is 11.0. The second-order valence-corrected chi connectivity index (χ2v) is 7.13. The van der Waals surface area contributed by atoms with Gasteiger partial charge in [-0.3, -0.25) is 9.36 Å². The normalized spacial score (nSPS) is 11.8. The number of benzene rings is 1. The average Bonchev–Trinajstić information content (AvgIpc) is 3.11. The van der Waals surface area contributed by atoms with E-state index in [1.54, 1.807) is 25.4 Å². The number of ether oxygens (including phenoxy) is 1. The highest BCUT2D eigenvalue weighted by molar-refractivity contribution is 8.00. The molecule has 3 rings (SSSR count). The van der Waals surface area contributed by atoms with E-state index in [1.165, 1.54) is 18.0 Å². The van der Waals surface area contributed by atoms with Crippen molar-refractivity contribution in [3.05, 3.63) is 60.0 Å². The first kappa shape index (κ1) is 18.3. The Balaban J connectivity index is 1.69. The number of carbonyl (C=O) groups excluding carboxylic acids is 1. The lowest BCUT2D eigenvalue weighted by molar-refractivity contribution is -0.115. The van der Waals surface area contributed by atoms with E-state index in [9.17, 15) is 4.79 Å². The first-order valence-electron chi connectivity index (χ1n) is 7.83. The van der Waals surface area contributed by atoms with Crippen molar-refractivity contribution < 1.29 is 9.53 Å². The maximum atomic E-state index is 12.4. The van der Waals surface area contributed by atoms with Gasteiger partial charge in [-0.25, -0.2) is 9.97 Å². The molecule has 6 nitrogen and oxygen atoms in total. The molecule has 0 unspecified atom stereocenters. The average molecular weight is 389 g/mol. The van der Waals surface area contributed by atoms with Crippen molar-refractivity contribution in [1.29, 1.82) is 0 Å². The topological polar surface area (TPSA) is 69.0 Å². The number of nitrogens with one attached hydrogen (secondary N) is 1. The van der Waals surface area contributed by atoms with E-state index in [1.807, 2.05) is 42.0 Å². The van der Waals surface area contributed by atoms with Gasteiger partial charge in [-0.05, 0) is 43.3 Å². The maximum Gasteiger partial charge on any atom is 0.238 e. The molecule has 0 radical (unpaired) electrons. The van der Waals surface area contributed by atoms with E-state index in [2.05, 4.69) is 15.3 Å². The third-order valence-electron chi connectivity index (χ3n) is 3.59. The molecule has 0 aliphatic heterocycles. The van der Waals surface area contributed by atoms with Crippen molar-refractivity contribution >= 4 is 35.1 Å². The molecule has 0 bridgehead atoms. The molecule has 1 atom stereocenters. The molecule has 2 aromatic heterocycles. The Bertz CT molecular complexity index is 881. The summed E-state index contributed by atoms with van der Waals surface area (Å²) in [5, 5.41) is 3.66. The minimum atomic E-state index is -0.355. The van der Waals surface area contributed by atoms with Crippen molar-refractivity contribution in [2.24, 2.45) is 0 Å². The Hall–Kier alpha value is -2.51. The Labute approximate surface area is 160 Å². The lowest BCUT2D eigenvalue weighted by atomic mass is 10.3. The van der Waals surface area contributed by atoms with Crippen LogP contribution in [-0.2, 0) is 4.79 Å². The number of imidazole rings is 1. The molecular weight excluding hydrogens is 372 g/mol. The minimum Gasteiger partial charge on any atom is -0.497 e. The Kier molecular flexibility index (Phi) is 5.80. The number of anilines is 1. The summed E-state index contributed by atoms with van der Waals surface area (Å²) < 4.78 is 7.10. The molecule has 8 heteroatoms. The van der Waals surface area contributed by atoms with Gasteiger partial charge >= 0.3 is 0 Å². The Morgan fingerprint density at radius 1 is 1.23 bits per heavy atom. The molecule has 26 heavy (non-hydrogen) atoms. The van der Waals surface area contributed by atoms with Crippen molar-refractivity contribution in [1.82, 2.24) is 14.5 Å². The molecule has 0 aliphatic carbocycles. The van der Waals surface area contributed by atoms with Crippen LogP contribution in [0.2, 0.25) is 5.02 Å².